The van der Waals surface area contributed by atoms with Crippen LogP contribution in [0.3, 0.4) is 0 Å². The van der Waals surface area contributed by atoms with Crippen LogP contribution >= 0.6 is 0 Å². The average Bonchev–Trinajstić information content (AvgIpc) is 2.77. The van der Waals surface area contributed by atoms with Crippen LogP contribution in [0.5, 0.6) is 0 Å². The second kappa shape index (κ2) is 7.91. The molecule has 4 nitrogen and oxygen atoms in total. The van der Waals surface area contributed by atoms with Crippen molar-refractivity contribution in [2.45, 2.75) is 32.1 Å². The fourth-order valence-electron chi connectivity index (χ4n) is 2.66. The van der Waals surface area contributed by atoms with E-state index in [4.69, 9.17) is 5.73 Å². The summed E-state index contributed by atoms with van der Waals surface area (Å²) in [4.78, 5) is 8.90. The molecule has 0 bridgehead atoms. The van der Waals surface area contributed by atoms with Crippen LogP contribution in [0.1, 0.15) is 31.2 Å². The molecule has 1 aromatic rings. The third-order valence-electron chi connectivity index (χ3n) is 4.06. The van der Waals surface area contributed by atoms with E-state index in [0.717, 1.165) is 32.0 Å². The molecule has 0 unspecified atom stereocenters. The highest BCUT2D eigenvalue weighted by Crippen LogP contribution is 2.13. The summed E-state index contributed by atoms with van der Waals surface area (Å²) in [7, 11) is 4.11. The molecule has 0 aliphatic carbocycles. The van der Waals surface area contributed by atoms with E-state index >= 15 is 0 Å². The van der Waals surface area contributed by atoms with E-state index in [2.05, 4.69) is 53.2 Å². The van der Waals surface area contributed by atoms with Crippen molar-refractivity contribution >= 4 is 11.6 Å². The largest absolute Gasteiger partial charge is 0.378 e. The monoisotopic (exact) mass is 288 g/mol. The Morgan fingerprint density at radius 2 is 1.71 bits per heavy atom. The molecular formula is C17H28N4. The first-order valence-corrected chi connectivity index (χ1v) is 7.98. The lowest BCUT2D eigenvalue weighted by molar-refractivity contribution is 0.428. The van der Waals surface area contributed by atoms with Gasteiger partial charge in [0.25, 0.3) is 0 Å². The van der Waals surface area contributed by atoms with Crippen molar-refractivity contribution in [1.29, 1.82) is 0 Å². The summed E-state index contributed by atoms with van der Waals surface area (Å²) in [6, 6.07) is 8.65. The van der Waals surface area contributed by atoms with Crippen LogP contribution in [0, 0.1) is 0 Å². The van der Waals surface area contributed by atoms with Crippen LogP contribution in [-0.2, 0) is 6.42 Å². The number of guanidine groups is 1. The molecular weight excluding hydrogens is 260 g/mol. The van der Waals surface area contributed by atoms with E-state index in [1.54, 1.807) is 0 Å². The number of benzene rings is 1. The Kier molecular flexibility index (Phi) is 5.90. The molecule has 0 amide bonds. The smallest absolute Gasteiger partial charge is 0.191 e. The lowest BCUT2D eigenvalue weighted by atomic mass is 10.1. The van der Waals surface area contributed by atoms with Gasteiger partial charge in [0.05, 0.1) is 0 Å². The van der Waals surface area contributed by atoms with E-state index < -0.39 is 0 Å². The van der Waals surface area contributed by atoms with Gasteiger partial charge in [-0.05, 0) is 37.0 Å². The number of aliphatic imine (C=N–C) groups is 1. The minimum atomic E-state index is 0.724. The van der Waals surface area contributed by atoms with Crippen molar-refractivity contribution in [3.8, 4) is 0 Å². The Labute approximate surface area is 128 Å². The normalized spacial score (nSPS) is 16.7. The molecule has 0 radical (unpaired) electrons. The molecule has 1 heterocycles. The Bertz CT molecular complexity index is 442. The van der Waals surface area contributed by atoms with Crippen LogP contribution in [0.2, 0.25) is 0 Å². The first-order chi connectivity index (χ1) is 10.2. The molecule has 116 valence electrons. The van der Waals surface area contributed by atoms with Gasteiger partial charge in [0.15, 0.2) is 5.96 Å². The van der Waals surface area contributed by atoms with Crippen molar-refractivity contribution in [3.63, 3.8) is 0 Å². The molecule has 21 heavy (non-hydrogen) atoms. The molecule has 2 N–H and O–H groups in total. The molecule has 1 aliphatic rings. The molecule has 1 aliphatic heterocycles. The molecule has 0 atom stereocenters. The number of hydrogen-bond donors (Lipinski definition) is 1. The van der Waals surface area contributed by atoms with Gasteiger partial charge in [0.2, 0.25) is 0 Å². The Morgan fingerprint density at radius 3 is 2.29 bits per heavy atom. The Hall–Kier alpha value is -1.71. The molecule has 0 spiro atoms. The van der Waals surface area contributed by atoms with E-state index in [1.807, 2.05) is 0 Å². The fraction of sp³-hybridized carbons (Fsp3) is 0.588. The van der Waals surface area contributed by atoms with Crippen LogP contribution in [-0.4, -0.2) is 44.6 Å². The number of nitrogens with zero attached hydrogens (tertiary/aromatic N) is 3. The third-order valence-corrected chi connectivity index (χ3v) is 4.06. The second-order valence-electron chi connectivity index (χ2n) is 5.95. The average molecular weight is 288 g/mol. The minimum absolute atomic E-state index is 0.724. The van der Waals surface area contributed by atoms with Crippen molar-refractivity contribution < 1.29 is 0 Å². The SMILES string of the molecule is CN(C)c1ccc(CCN=C(N)N2CCCCCC2)cc1. The van der Waals surface area contributed by atoms with Crippen molar-refractivity contribution in [3.05, 3.63) is 29.8 Å². The first-order valence-electron chi connectivity index (χ1n) is 7.98. The van der Waals surface area contributed by atoms with E-state index in [9.17, 15) is 0 Å². The summed E-state index contributed by atoms with van der Waals surface area (Å²) in [5.74, 6) is 0.724. The lowest BCUT2D eigenvalue weighted by Crippen LogP contribution is -2.38. The van der Waals surface area contributed by atoms with Crippen LogP contribution in [0.15, 0.2) is 29.3 Å². The second-order valence-corrected chi connectivity index (χ2v) is 5.95. The zero-order valence-corrected chi connectivity index (χ0v) is 13.4. The maximum absolute atomic E-state index is 6.12. The standard InChI is InChI=1S/C17H28N4/c1-20(2)16-9-7-15(8-10-16)11-12-19-17(18)21-13-5-3-4-6-14-21/h7-10H,3-6,11-14H2,1-2H3,(H2,18,19). The van der Waals surface area contributed by atoms with E-state index in [0.29, 0.717) is 0 Å². The summed E-state index contributed by atoms with van der Waals surface area (Å²) in [5, 5.41) is 0. The van der Waals surface area contributed by atoms with Crippen LogP contribution in [0.4, 0.5) is 5.69 Å². The van der Waals surface area contributed by atoms with Crippen molar-refractivity contribution in [1.82, 2.24) is 4.90 Å². The zero-order valence-electron chi connectivity index (χ0n) is 13.4. The third kappa shape index (κ3) is 4.96. The van der Waals surface area contributed by atoms with Gasteiger partial charge in [-0.1, -0.05) is 25.0 Å². The summed E-state index contributed by atoms with van der Waals surface area (Å²) >= 11 is 0. The predicted octanol–water partition coefficient (Wildman–Crippen LogP) is 2.49. The number of nitrogens with two attached hydrogens (primary N) is 1. The van der Waals surface area contributed by atoms with E-state index in [-0.39, 0.29) is 0 Å². The van der Waals surface area contributed by atoms with Crippen molar-refractivity contribution in [2.24, 2.45) is 10.7 Å². The van der Waals surface area contributed by atoms with E-state index in [1.165, 1.54) is 36.9 Å². The van der Waals surface area contributed by atoms with Gasteiger partial charge in [-0.15, -0.1) is 0 Å². The predicted molar refractivity (Wildman–Crippen MR) is 91.0 cm³/mol. The number of anilines is 1. The van der Waals surface area contributed by atoms with Gasteiger partial charge in [0.1, 0.15) is 0 Å². The summed E-state index contributed by atoms with van der Waals surface area (Å²) < 4.78 is 0. The molecule has 0 aromatic heterocycles. The Morgan fingerprint density at radius 1 is 1.10 bits per heavy atom. The van der Waals surface area contributed by atoms with Gasteiger partial charge < -0.3 is 15.5 Å². The highest BCUT2D eigenvalue weighted by atomic mass is 15.2. The van der Waals surface area contributed by atoms with Gasteiger partial charge in [-0.3, -0.25) is 4.99 Å². The molecule has 1 saturated heterocycles. The number of rotatable bonds is 4. The molecule has 1 aromatic carbocycles. The minimum Gasteiger partial charge on any atom is -0.378 e. The number of hydrogen-bond acceptors (Lipinski definition) is 2. The first kappa shape index (κ1) is 15.7. The van der Waals surface area contributed by atoms with Gasteiger partial charge in [-0.25, -0.2) is 0 Å². The molecule has 0 saturated carbocycles. The topological polar surface area (TPSA) is 44.9 Å². The quantitative estimate of drug-likeness (QED) is 0.684. The van der Waals surface area contributed by atoms with Crippen LogP contribution in [0.25, 0.3) is 0 Å². The van der Waals surface area contributed by atoms with Gasteiger partial charge in [0, 0.05) is 39.4 Å². The molecule has 2 rings (SSSR count). The van der Waals surface area contributed by atoms with Crippen molar-refractivity contribution in [2.75, 3.05) is 38.6 Å². The van der Waals surface area contributed by atoms with Gasteiger partial charge >= 0.3 is 0 Å². The maximum Gasteiger partial charge on any atom is 0.191 e. The highest BCUT2D eigenvalue weighted by molar-refractivity contribution is 5.78. The summed E-state index contributed by atoms with van der Waals surface area (Å²) in [5.41, 5.74) is 8.66. The summed E-state index contributed by atoms with van der Waals surface area (Å²) in [6.07, 6.45) is 6.07. The fourth-order valence-corrected chi connectivity index (χ4v) is 2.66. The zero-order chi connectivity index (χ0) is 15.1. The molecule has 4 heteroatoms. The summed E-state index contributed by atoms with van der Waals surface area (Å²) in [6.45, 7) is 2.89. The Balaban J connectivity index is 1.83. The highest BCUT2D eigenvalue weighted by Gasteiger charge is 2.10. The maximum atomic E-state index is 6.12. The lowest BCUT2D eigenvalue weighted by Gasteiger charge is -2.21. The number of likely N-dealkylation sites (tertiary alicyclic amines) is 1. The molecule has 1 fully saturated rings. The van der Waals surface area contributed by atoms with Gasteiger partial charge in [-0.2, -0.15) is 0 Å². The van der Waals surface area contributed by atoms with Crippen LogP contribution < -0.4 is 10.6 Å².